The largest absolute Gasteiger partial charge is 0.454 e. The van der Waals surface area contributed by atoms with E-state index in [2.05, 4.69) is 5.32 Å². The van der Waals surface area contributed by atoms with E-state index in [0.29, 0.717) is 5.75 Å². The van der Waals surface area contributed by atoms with Gasteiger partial charge in [-0.15, -0.1) is 0 Å². The Morgan fingerprint density at radius 2 is 1.95 bits per heavy atom. The number of carbonyl (C=O) groups excluding carboxylic acids is 1. The molecule has 0 radical (unpaired) electrons. The Morgan fingerprint density at radius 3 is 2.76 bits per heavy atom. The van der Waals surface area contributed by atoms with Crippen LogP contribution in [-0.4, -0.2) is 30.0 Å². The molecular weight excluding hydrogens is 270 g/mol. The number of aliphatic hydroxyl groups is 1. The van der Waals surface area contributed by atoms with Crippen LogP contribution in [0.3, 0.4) is 0 Å². The van der Waals surface area contributed by atoms with Gasteiger partial charge in [-0.05, 0) is 49.5 Å². The van der Waals surface area contributed by atoms with Gasteiger partial charge in [-0.25, -0.2) is 0 Å². The zero-order valence-electron chi connectivity index (χ0n) is 11.7. The van der Waals surface area contributed by atoms with Gasteiger partial charge in [-0.3, -0.25) is 4.79 Å². The average molecular weight is 289 g/mol. The first-order valence-corrected chi connectivity index (χ1v) is 7.27. The van der Waals surface area contributed by atoms with Gasteiger partial charge >= 0.3 is 0 Å². The van der Waals surface area contributed by atoms with Crippen LogP contribution < -0.4 is 14.8 Å². The molecular formula is C16H19NO4. The van der Waals surface area contributed by atoms with Crippen LogP contribution >= 0.6 is 0 Å². The zero-order valence-corrected chi connectivity index (χ0v) is 11.7. The summed E-state index contributed by atoms with van der Waals surface area (Å²) in [5.41, 5.74) is 0.897. The lowest BCUT2D eigenvalue weighted by atomic mass is 9.93. The summed E-state index contributed by atoms with van der Waals surface area (Å²) >= 11 is 0. The van der Waals surface area contributed by atoms with Gasteiger partial charge < -0.3 is 19.9 Å². The van der Waals surface area contributed by atoms with E-state index in [1.54, 1.807) is 6.08 Å². The maximum Gasteiger partial charge on any atom is 0.244 e. The predicted molar refractivity (Wildman–Crippen MR) is 78.0 cm³/mol. The van der Waals surface area contributed by atoms with Crippen LogP contribution in [0.25, 0.3) is 6.08 Å². The normalized spacial score (nSPS) is 24.2. The molecule has 2 aliphatic rings. The minimum atomic E-state index is -0.206. The molecule has 0 unspecified atom stereocenters. The fourth-order valence-corrected chi connectivity index (χ4v) is 2.66. The molecule has 5 heteroatoms. The second-order valence-corrected chi connectivity index (χ2v) is 5.46. The third kappa shape index (κ3) is 3.55. The maximum atomic E-state index is 11.9. The highest BCUT2D eigenvalue weighted by atomic mass is 16.7. The fourth-order valence-electron chi connectivity index (χ4n) is 2.66. The van der Waals surface area contributed by atoms with Gasteiger partial charge in [0.15, 0.2) is 11.5 Å². The predicted octanol–water partition coefficient (Wildman–Crippen LogP) is 1.85. The number of benzene rings is 1. The number of carbonyl (C=O) groups is 1. The van der Waals surface area contributed by atoms with Crippen molar-refractivity contribution in [3.8, 4) is 11.5 Å². The second kappa shape index (κ2) is 6.18. The summed E-state index contributed by atoms with van der Waals surface area (Å²) in [5.74, 6) is 1.34. The highest BCUT2D eigenvalue weighted by molar-refractivity contribution is 5.92. The zero-order chi connectivity index (χ0) is 14.7. The number of fused-ring (bicyclic) bond motifs is 1. The molecule has 0 aromatic heterocycles. The fraction of sp³-hybridized carbons (Fsp3) is 0.438. The van der Waals surface area contributed by atoms with Crippen molar-refractivity contribution >= 4 is 12.0 Å². The number of rotatable bonds is 3. The Labute approximate surface area is 123 Å². The Kier molecular flexibility index (Phi) is 4.10. The molecule has 5 nitrogen and oxygen atoms in total. The van der Waals surface area contributed by atoms with Crippen molar-refractivity contribution in [2.75, 3.05) is 6.79 Å². The number of ether oxygens (including phenoxy) is 2. The van der Waals surface area contributed by atoms with Crippen molar-refractivity contribution in [3.63, 3.8) is 0 Å². The van der Waals surface area contributed by atoms with Crippen molar-refractivity contribution in [3.05, 3.63) is 29.8 Å². The molecule has 3 rings (SSSR count). The van der Waals surface area contributed by atoms with E-state index in [-0.39, 0.29) is 24.8 Å². The molecule has 0 bridgehead atoms. The first-order valence-electron chi connectivity index (χ1n) is 7.27. The number of hydrogen-bond acceptors (Lipinski definition) is 4. The molecule has 1 aromatic carbocycles. The van der Waals surface area contributed by atoms with E-state index in [4.69, 9.17) is 9.47 Å². The molecule has 0 spiro atoms. The van der Waals surface area contributed by atoms with E-state index in [0.717, 1.165) is 37.0 Å². The molecule has 0 saturated heterocycles. The Balaban J connectivity index is 1.54. The van der Waals surface area contributed by atoms with E-state index in [1.807, 2.05) is 18.2 Å². The summed E-state index contributed by atoms with van der Waals surface area (Å²) in [6, 6.07) is 5.74. The van der Waals surface area contributed by atoms with Crippen LogP contribution in [-0.2, 0) is 4.79 Å². The van der Waals surface area contributed by atoms with Gasteiger partial charge in [0.1, 0.15) is 0 Å². The van der Waals surface area contributed by atoms with Crippen LogP contribution in [0.5, 0.6) is 11.5 Å². The molecule has 21 heavy (non-hydrogen) atoms. The van der Waals surface area contributed by atoms with Gasteiger partial charge in [0.25, 0.3) is 0 Å². The molecule has 1 fully saturated rings. The van der Waals surface area contributed by atoms with Gasteiger partial charge in [0.2, 0.25) is 12.7 Å². The van der Waals surface area contributed by atoms with Crippen LogP contribution in [0, 0.1) is 0 Å². The molecule has 2 N–H and O–H groups in total. The summed E-state index contributed by atoms with van der Waals surface area (Å²) in [7, 11) is 0. The SMILES string of the molecule is O=C(/C=C/c1ccc2c(c1)OCO2)NC1CCC(O)CC1. The van der Waals surface area contributed by atoms with Gasteiger partial charge in [0, 0.05) is 12.1 Å². The molecule has 1 heterocycles. The number of aliphatic hydroxyl groups excluding tert-OH is 1. The van der Waals surface area contributed by atoms with Crippen molar-refractivity contribution in [1.29, 1.82) is 0 Å². The van der Waals surface area contributed by atoms with E-state index in [1.165, 1.54) is 6.08 Å². The monoisotopic (exact) mass is 289 g/mol. The highest BCUT2D eigenvalue weighted by Crippen LogP contribution is 2.32. The number of nitrogens with one attached hydrogen (secondary N) is 1. The average Bonchev–Trinajstić information content (AvgIpc) is 2.95. The van der Waals surface area contributed by atoms with Crippen LogP contribution in [0.2, 0.25) is 0 Å². The van der Waals surface area contributed by atoms with Crippen molar-refractivity contribution in [2.45, 2.75) is 37.8 Å². The van der Waals surface area contributed by atoms with Crippen LogP contribution in [0.4, 0.5) is 0 Å². The Bertz CT molecular complexity index is 547. The highest BCUT2D eigenvalue weighted by Gasteiger charge is 2.20. The minimum Gasteiger partial charge on any atom is -0.454 e. The molecule has 1 aliphatic carbocycles. The van der Waals surface area contributed by atoms with Crippen LogP contribution in [0.15, 0.2) is 24.3 Å². The summed E-state index contributed by atoms with van der Waals surface area (Å²) < 4.78 is 10.5. The Morgan fingerprint density at radius 1 is 1.19 bits per heavy atom. The third-order valence-electron chi connectivity index (χ3n) is 3.87. The lowest BCUT2D eigenvalue weighted by Gasteiger charge is -2.25. The number of hydrogen-bond donors (Lipinski definition) is 2. The first-order chi connectivity index (χ1) is 10.2. The minimum absolute atomic E-state index is 0.103. The van der Waals surface area contributed by atoms with Gasteiger partial charge in [0.05, 0.1) is 6.10 Å². The standard InChI is InChI=1S/C16H19NO4/c18-13-5-3-12(4-6-13)17-16(19)8-2-11-1-7-14-15(9-11)21-10-20-14/h1-2,7-9,12-13,18H,3-6,10H2,(H,17,19)/b8-2+. The maximum absolute atomic E-state index is 11.9. The summed E-state index contributed by atoms with van der Waals surface area (Å²) in [5, 5.41) is 12.4. The summed E-state index contributed by atoms with van der Waals surface area (Å²) in [6.45, 7) is 0.247. The summed E-state index contributed by atoms with van der Waals surface area (Å²) in [4.78, 5) is 11.9. The summed E-state index contributed by atoms with van der Waals surface area (Å²) in [6.07, 6.45) is 6.28. The smallest absolute Gasteiger partial charge is 0.244 e. The third-order valence-corrected chi connectivity index (χ3v) is 3.87. The van der Waals surface area contributed by atoms with Gasteiger partial charge in [-0.1, -0.05) is 6.07 Å². The van der Waals surface area contributed by atoms with Crippen molar-refractivity contribution in [1.82, 2.24) is 5.32 Å². The Hall–Kier alpha value is -2.01. The van der Waals surface area contributed by atoms with E-state index in [9.17, 15) is 9.90 Å². The van der Waals surface area contributed by atoms with Crippen LogP contribution in [0.1, 0.15) is 31.2 Å². The molecule has 0 atom stereocenters. The van der Waals surface area contributed by atoms with Crippen molar-refractivity contribution in [2.24, 2.45) is 0 Å². The topological polar surface area (TPSA) is 67.8 Å². The van der Waals surface area contributed by atoms with E-state index >= 15 is 0 Å². The molecule has 1 aromatic rings. The molecule has 1 saturated carbocycles. The quantitative estimate of drug-likeness (QED) is 0.833. The molecule has 1 amide bonds. The first kappa shape index (κ1) is 13.9. The second-order valence-electron chi connectivity index (χ2n) is 5.46. The molecule has 1 aliphatic heterocycles. The van der Waals surface area contributed by atoms with Crippen molar-refractivity contribution < 1.29 is 19.4 Å². The number of amides is 1. The van der Waals surface area contributed by atoms with Gasteiger partial charge in [-0.2, -0.15) is 0 Å². The van der Waals surface area contributed by atoms with E-state index < -0.39 is 0 Å². The lowest BCUT2D eigenvalue weighted by Crippen LogP contribution is -2.37. The molecule has 112 valence electrons. The lowest BCUT2D eigenvalue weighted by molar-refractivity contribution is -0.117.